The van der Waals surface area contributed by atoms with Crippen LogP contribution in [0.5, 0.6) is 0 Å². The van der Waals surface area contributed by atoms with Gasteiger partial charge in [0.15, 0.2) is 0 Å². The van der Waals surface area contributed by atoms with Gasteiger partial charge >= 0.3 is 0 Å². The molecular weight excluding hydrogens is 422 g/mol. The Morgan fingerprint density at radius 3 is 2.63 bits per heavy atom. The largest absolute Gasteiger partial charge is 0.326 e. The zero-order valence-corrected chi connectivity index (χ0v) is 18.3. The Labute approximate surface area is 182 Å². The molecule has 6 nitrogen and oxygen atoms in total. The second kappa shape index (κ2) is 9.06. The molecule has 0 aromatic heterocycles. The van der Waals surface area contributed by atoms with Crippen molar-refractivity contribution in [2.24, 2.45) is 5.92 Å². The van der Waals surface area contributed by atoms with E-state index in [1.807, 2.05) is 24.3 Å². The zero-order valence-electron chi connectivity index (χ0n) is 16.7. The van der Waals surface area contributed by atoms with Gasteiger partial charge < -0.3 is 5.32 Å². The van der Waals surface area contributed by atoms with Crippen LogP contribution >= 0.6 is 11.6 Å². The molecule has 2 heterocycles. The Hall–Kier alpha value is -1.93. The molecule has 2 aromatic carbocycles. The normalized spacial score (nSPS) is 18.1. The molecular formula is C22H26ClN3O3S. The van der Waals surface area contributed by atoms with Crippen LogP contribution in [0.3, 0.4) is 0 Å². The fraction of sp³-hybridized carbons (Fsp3) is 0.409. The minimum absolute atomic E-state index is 0.0305. The lowest BCUT2D eigenvalue weighted by atomic mass is 9.97. The van der Waals surface area contributed by atoms with Crippen LogP contribution in [0.15, 0.2) is 47.4 Å². The van der Waals surface area contributed by atoms with Gasteiger partial charge in [0.2, 0.25) is 15.9 Å². The first-order valence-electron chi connectivity index (χ1n) is 10.3. The lowest BCUT2D eigenvalue weighted by molar-refractivity contribution is -0.116. The summed E-state index contributed by atoms with van der Waals surface area (Å²) in [5.41, 5.74) is 2.70. The molecule has 1 fully saturated rings. The van der Waals surface area contributed by atoms with Crippen molar-refractivity contribution < 1.29 is 13.2 Å². The van der Waals surface area contributed by atoms with Crippen molar-refractivity contribution in [3.8, 4) is 0 Å². The van der Waals surface area contributed by atoms with Gasteiger partial charge in [-0.25, -0.2) is 13.1 Å². The molecule has 0 bridgehead atoms. The molecule has 2 aromatic rings. The van der Waals surface area contributed by atoms with Crippen LogP contribution in [0.4, 0.5) is 5.69 Å². The quantitative estimate of drug-likeness (QED) is 0.711. The number of hydrogen-bond donors (Lipinski definition) is 2. The van der Waals surface area contributed by atoms with E-state index >= 15 is 0 Å². The third-order valence-corrected chi connectivity index (χ3v) is 7.69. The van der Waals surface area contributed by atoms with E-state index in [4.69, 9.17) is 11.6 Å². The van der Waals surface area contributed by atoms with E-state index in [1.54, 1.807) is 18.2 Å². The van der Waals surface area contributed by atoms with E-state index in [-0.39, 0.29) is 10.8 Å². The summed E-state index contributed by atoms with van der Waals surface area (Å²) in [5.74, 6) is 0.288. The molecule has 0 spiro atoms. The molecule has 4 rings (SSSR count). The number of nitrogens with one attached hydrogen (secondary N) is 2. The van der Waals surface area contributed by atoms with Crippen molar-refractivity contribution in [3.63, 3.8) is 0 Å². The minimum Gasteiger partial charge on any atom is -0.326 e. The highest BCUT2D eigenvalue weighted by Crippen LogP contribution is 2.26. The number of hydrogen-bond acceptors (Lipinski definition) is 4. The van der Waals surface area contributed by atoms with E-state index in [1.165, 1.54) is 0 Å². The first-order valence-corrected chi connectivity index (χ1v) is 12.1. The van der Waals surface area contributed by atoms with Crippen LogP contribution in [0, 0.1) is 5.92 Å². The van der Waals surface area contributed by atoms with Crippen LogP contribution in [0.1, 0.15) is 30.4 Å². The van der Waals surface area contributed by atoms with E-state index in [0.29, 0.717) is 31.0 Å². The van der Waals surface area contributed by atoms with Crippen molar-refractivity contribution in [1.82, 2.24) is 9.62 Å². The Kier molecular flexibility index (Phi) is 6.43. The van der Waals surface area contributed by atoms with Crippen LogP contribution < -0.4 is 10.0 Å². The van der Waals surface area contributed by atoms with E-state index in [9.17, 15) is 13.2 Å². The summed E-state index contributed by atoms with van der Waals surface area (Å²) >= 11 is 6.26. The Bertz CT molecular complexity index is 1030. The number of amides is 1. The molecule has 0 radical (unpaired) electrons. The molecule has 2 aliphatic heterocycles. The molecule has 0 unspecified atom stereocenters. The molecule has 0 atom stereocenters. The van der Waals surface area contributed by atoms with Gasteiger partial charge in [0.25, 0.3) is 0 Å². The fourth-order valence-electron chi connectivity index (χ4n) is 4.05. The monoisotopic (exact) mass is 447 g/mol. The molecule has 2 N–H and O–H groups in total. The third kappa shape index (κ3) is 5.03. The van der Waals surface area contributed by atoms with Crippen molar-refractivity contribution in [1.29, 1.82) is 0 Å². The van der Waals surface area contributed by atoms with E-state index in [2.05, 4.69) is 14.9 Å². The molecule has 160 valence electrons. The highest BCUT2D eigenvalue weighted by molar-refractivity contribution is 7.89. The SMILES string of the molecule is O=C1CCc2cc(S(=O)(=O)NCC3CCN(Cc4ccccc4Cl)CC3)ccc2N1. The van der Waals surface area contributed by atoms with Crippen molar-refractivity contribution >= 4 is 33.2 Å². The minimum atomic E-state index is -3.57. The topological polar surface area (TPSA) is 78.5 Å². The number of anilines is 1. The maximum Gasteiger partial charge on any atom is 0.240 e. The fourth-order valence-corrected chi connectivity index (χ4v) is 5.42. The highest BCUT2D eigenvalue weighted by atomic mass is 35.5. The number of carbonyl (C=O) groups excluding carboxylic acids is 1. The number of fused-ring (bicyclic) bond motifs is 1. The smallest absolute Gasteiger partial charge is 0.240 e. The molecule has 1 saturated heterocycles. The number of halogens is 1. The number of piperidine rings is 1. The molecule has 0 saturated carbocycles. The Morgan fingerprint density at radius 1 is 1.10 bits per heavy atom. The van der Waals surface area contributed by atoms with Crippen LogP contribution in [-0.4, -0.2) is 38.9 Å². The van der Waals surface area contributed by atoms with Gasteiger partial charge in [-0.1, -0.05) is 29.8 Å². The summed E-state index contributed by atoms with van der Waals surface area (Å²) in [7, 11) is -3.57. The number of sulfonamides is 1. The summed E-state index contributed by atoms with van der Waals surface area (Å²) < 4.78 is 28.3. The van der Waals surface area contributed by atoms with Crippen LogP contribution in [0.2, 0.25) is 5.02 Å². The standard InChI is InChI=1S/C22H26ClN3O3S/c23-20-4-2-1-3-18(20)15-26-11-9-16(10-12-26)14-24-30(28,29)19-6-7-21-17(13-19)5-8-22(27)25-21/h1-4,6-7,13,16,24H,5,8-12,14-15H2,(H,25,27). The number of benzene rings is 2. The lowest BCUT2D eigenvalue weighted by Crippen LogP contribution is -2.38. The Balaban J connectivity index is 1.30. The number of rotatable bonds is 6. The summed E-state index contributed by atoms with van der Waals surface area (Å²) in [6.07, 6.45) is 2.84. The maximum absolute atomic E-state index is 12.7. The number of aryl methyl sites for hydroxylation is 1. The second-order valence-corrected chi connectivity index (χ2v) is 10.2. The van der Waals surface area contributed by atoms with Crippen molar-refractivity contribution in [3.05, 3.63) is 58.6 Å². The van der Waals surface area contributed by atoms with E-state index < -0.39 is 10.0 Å². The van der Waals surface area contributed by atoms with Gasteiger partial charge in [0.05, 0.1) is 4.90 Å². The first-order chi connectivity index (χ1) is 14.4. The number of likely N-dealkylation sites (tertiary alicyclic amines) is 1. The molecule has 30 heavy (non-hydrogen) atoms. The molecule has 1 amide bonds. The number of carbonyl (C=O) groups is 1. The summed E-state index contributed by atoms with van der Waals surface area (Å²) in [6.45, 7) is 3.12. The predicted molar refractivity (Wildman–Crippen MR) is 118 cm³/mol. The second-order valence-electron chi connectivity index (χ2n) is 8.03. The highest BCUT2D eigenvalue weighted by Gasteiger charge is 2.24. The zero-order chi connectivity index (χ0) is 21.1. The van der Waals surface area contributed by atoms with Crippen LogP contribution in [0.25, 0.3) is 0 Å². The summed E-state index contributed by atoms with van der Waals surface area (Å²) in [4.78, 5) is 14.1. The van der Waals surface area contributed by atoms with Gasteiger partial charge in [-0.05, 0) is 73.7 Å². The predicted octanol–water partition coefficient (Wildman–Crippen LogP) is 3.42. The summed E-state index contributed by atoms with van der Waals surface area (Å²) in [6, 6.07) is 12.8. The molecule has 0 aliphatic carbocycles. The van der Waals surface area contributed by atoms with Gasteiger partial charge in [0, 0.05) is 30.2 Å². The van der Waals surface area contributed by atoms with Gasteiger partial charge in [-0.15, -0.1) is 0 Å². The van der Waals surface area contributed by atoms with Gasteiger partial charge in [-0.3, -0.25) is 9.69 Å². The van der Waals surface area contributed by atoms with Crippen molar-refractivity contribution in [2.75, 3.05) is 25.0 Å². The summed E-state index contributed by atoms with van der Waals surface area (Å²) in [5, 5.41) is 3.57. The van der Waals surface area contributed by atoms with Crippen molar-refractivity contribution in [2.45, 2.75) is 37.1 Å². The number of nitrogens with zero attached hydrogens (tertiary/aromatic N) is 1. The average molecular weight is 448 g/mol. The molecule has 8 heteroatoms. The third-order valence-electron chi connectivity index (χ3n) is 5.90. The lowest BCUT2D eigenvalue weighted by Gasteiger charge is -2.32. The molecule has 2 aliphatic rings. The Morgan fingerprint density at radius 2 is 1.87 bits per heavy atom. The first kappa shape index (κ1) is 21.3. The van der Waals surface area contributed by atoms with Gasteiger partial charge in [-0.2, -0.15) is 0 Å². The average Bonchev–Trinajstić information content (AvgIpc) is 2.74. The van der Waals surface area contributed by atoms with Gasteiger partial charge in [0.1, 0.15) is 0 Å². The van der Waals surface area contributed by atoms with E-state index in [0.717, 1.165) is 48.6 Å². The van der Waals surface area contributed by atoms with Crippen LogP contribution in [-0.2, 0) is 27.8 Å². The maximum atomic E-state index is 12.7.